The third-order valence-electron chi connectivity index (χ3n) is 18.1. The number of halogens is 1. The smallest absolute Gasteiger partial charge is 0.254 e. The lowest BCUT2D eigenvalue weighted by atomic mass is 9.91. The van der Waals surface area contributed by atoms with Gasteiger partial charge in [0.2, 0.25) is 0 Å². The lowest BCUT2D eigenvalue weighted by molar-refractivity contribution is 0.0960. The Morgan fingerprint density at radius 1 is 0.415 bits per heavy atom. The lowest BCUT2D eigenvalue weighted by Crippen LogP contribution is -2.19. The van der Waals surface area contributed by atoms with Crippen LogP contribution in [0.15, 0.2) is 189 Å². The maximum atomic E-state index is 13.3. The summed E-state index contributed by atoms with van der Waals surface area (Å²) < 4.78 is 36.0. The van der Waals surface area contributed by atoms with E-state index in [1.165, 1.54) is 96.2 Å². The van der Waals surface area contributed by atoms with Crippen LogP contribution in [0.4, 0.5) is 4.39 Å². The van der Waals surface area contributed by atoms with Crippen molar-refractivity contribution in [1.82, 2.24) is 65.7 Å². The molecule has 4 aromatic heterocycles. The van der Waals surface area contributed by atoms with Crippen molar-refractivity contribution in [3.63, 3.8) is 0 Å². The molecule has 0 atom stereocenters. The van der Waals surface area contributed by atoms with Gasteiger partial charge in [0.15, 0.2) is 0 Å². The summed E-state index contributed by atoms with van der Waals surface area (Å²) in [4.78, 5) is 21.8. The van der Waals surface area contributed by atoms with Gasteiger partial charge in [0, 0.05) is 89.9 Å². The number of benzene rings is 7. The molecule has 0 fully saturated rings. The minimum atomic E-state index is -0.312. The highest BCUT2D eigenvalue weighted by Crippen LogP contribution is 2.35. The van der Waals surface area contributed by atoms with Gasteiger partial charge in [-0.3, -0.25) is 25.2 Å². The predicted molar refractivity (Wildman–Crippen MR) is 429 cm³/mol. The molecule has 11 aromatic rings. The topological polar surface area (TPSA) is 194 Å². The van der Waals surface area contributed by atoms with Crippen LogP contribution >= 0.6 is 0 Å². The van der Waals surface area contributed by atoms with E-state index in [1.807, 2.05) is 134 Å². The molecule has 7 aromatic carbocycles. The first-order valence-electron chi connectivity index (χ1n) is 37.4. The number of methoxy groups -OCH3 is 1. The highest BCUT2D eigenvalue weighted by Gasteiger charge is 2.20. The number of H-pyrrole nitrogens is 4. The van der Waals surface area contributed by atoms with Crippen molar-refractivity contribution in [3.05, 3.63) is 233 Å². The number of ether oxygens (including phenoxy) is 4. The minimum Gasteiger partial charge on any atom is -0.497 e. The number of carbonyl (C=O) groups is 1. The quantitative estimate of drug-likeness (QED) is 0.0256. The zero-order chi connectivity index (χ0) is 75.7. The molecule has 0 bridgehead atoms. The van der Waals surface area contributed by atoms with E-state index >= 15 is 0 Å². The van der Waals surface area contributed by atoms with Gasteiger partial charge >= 0.3 is 0 Å². The number of hydrogen-bond acceptors (Lipinski definition) is 13. The van der Waals surface area contributed by atoms with Crippen molar-refractivity contribution in [3.8, 4) is 85.3 Å². The molecule has 0 saturated carbocycles. The van der Waals surface area contributed by atoms with Gasteiger partial charge in [0.05, 0.1) is 60.2 Å². The second-order valence-corrected chi connectivity index (χ2v) is 27.7. The van der Waals surface area contributed by atoms with Crippen LogP contribution in [0, 0.1) is 5.82 Å². The Morgan fingerprint density at radius 3 is 1.18 bits per heavy atom. The van der Waals surface area contributed by atoms with Gasteiger partial charge in [-0.2, -0.15) is 20.4 Å². The molecular formula is C87H112FN13O5. The van der Waals surface area contributed by atoms with Gasteiger partial charge in [-0.25, -0.2) is 4.39 Å². The standard InChI is InChI=1S/C23H28N4O2.C22H27N3O2.C21H24FN3O.C21H33N3/c1-4-5-13-27(3)16-18-15-25-26-22(18)17-11-12-21(20(14-17)23(28)24-2)29-19-9-7-6-8-10-19;1-4-5-13-25(2)16-18-15-23-24-22(18)17-9-11-19(12-10-17)27-21-8-6-7-20(14-21)26-3;1-3-4-12-25(2)15-17-14-23-24-21(17)16-8-10-19(11-9-16)26-20-7-5-6-18(22)13-20;1-7-8-9-24(6)14-20-13-22-23-21(20)19-11-17(15(2)3)10-18(12-19)16(4)5/h6-12,14-15H,4-5,13,16H2,1-3H3,(H,24,28)(H,25,26);6-12,14-15H,4-5,13,16H2,1-3H3,(H,23,24);5-11,13-14H,3-4,12,15H2,1-2H3,(H,23,24);10-13,15-16H,7-9,14H2,1-6H3,(H,22,23). The van der Waals surface area contributed by atoms with Gasteiger partial charge in [-0.15, -0.1) is 0 Å². The Hall–Kier alpha value is -10.2. The van der Waals surface area contributed by atoms with Crippen molar-refractivity contribution in [2.45, 2.75) is 145 Å². The van der Waals surface area contributed by atoms with Crippen molar-refractivity contribution >= 4 is 5.91 Å². The highest BCUT2D eigenvalue weighted by atomic mass is 19.1. The number of carbonyl (C=O) groups excluding carboxylic acids is 1. The van der Waals surface area contributed by atoms with E-state index in [-0.39, 0.29) is 11.7 Å². The molecule has 18 nitrogen and oxygen atoms in total. The predicted octanol–water partition coefficient (Wildman–Crippen LogP) is 20.4. The summed E-state index contributed by atoms with van der Waals surface area (Å²) in [6, 6.07) is 51.6. The molecule has 19 heteroatoms. The van der Waals surface area contributed by atoms with Gasteiger partial charge in [-0.05, 0) is 218 Å². The number of nitrogens with zero attached hydrogens (tertiary/aromatic N) is 8. The molecule has 5 N–H and O–H groups in total. The van der Waals surface area contributed by atoms with Crippen LogP contribution in [0.5, 0.6) is 40.2 Å². The number of para-hydroxylation sites is 1. The molecule has 562 valence electrons. The van der Waals surface area contributed by atoms with Crippen molar-refractivity contribution in [2.75, 3.05) is 68.5 Å². The summed E-state index contributed by atoms with van der Waals surface area (Å²) in [6.07, 6.45) is 17.2. The van der Waals surface area contributed by atoms with E-state index in [0.29, 0.717) is 40.4 Å². The zero-order valence-electron chi connectivity index (χ0n) is 64.9. The first-order valence-corrected chi connectivity index (χ1v) is 37.4. The van der Waals surface area contributed by atoms with Crippen molar-refractivity contribution in [2.24, 2.45) is 0 Å². The molecule has 1 amide bonds. The molecule has 106 heavy (non-hydrogen) atoms. The molecule has 0 radical (unpaired) electrons. The van der Waals surface area contributed by atoms with E-state index in [9.17, 15) is 9.18 Å². The normalized spacial score (nSPS) is 11.2. The maximum absolute atomic E-state index is 13.3. The third kappa shape index (κ3) is 25.3. The first kappa shape index (κ1) is 81.5. The zero-order valence-corrected chi connectivity index (χ0v) is 64.9. The fraction of sp³-hybridized carbons (Fsp3) is 0.368. The van der Waals surface area contributed by atoms with Crippen LogP contribution in [-0.4, -0.2) is 135 Å². The lowest BCUT2D eigenvalue weighted by Gasteiger charge is -2.17. The van der Waals surface area contributed by atoms with E-state index in [2.05, 4.69) is 180 Å². The molecule has 0 aliphatic heterocycles. The largest absolute Gasteiger partial charge is 0.497 e. The second kappa shape index (κ2) is 42.7. The Labute approximate surface area is 628 Å². The third-order valence-corrected chi connectivity index (χ3v) is 18.1. The number of hydrogen-bond donors (Lipinski definition) is 5. The average molecular weight is 1440 g/mol. The Kier molecular flexibility index (Phi) is 32.8. The summed E-state index contributed by atoms with van der Waals surface area (Å²) in [5.74, 6) is 5.21. The minimum absolute atomic E-state index is 0.195. The Morgan fingerprint density at radius 2 is 0.783 bits per heavy atom. The summed E-state index contributed by atoms with van der Waals surface area (Å²) >= 11 is 0. The van der Waals surface area contributed by atoms with Crippen LogP contribution in [0.1, 0.15) is 162 Å². The summed E-state index contributed by atoms with van der Waals surface area (Å²) in [6.45, 7) is 25.7. The number of unbranched alkanes of at least 4 members (excludes halogenated alkanes) is 4. The van der Waals surface area contributed by atoms with E-state index in [4.69, 9.17) is 18.9 Å². The summed E-state index contributed by atoms with van der Waals surface area (Å²) in [5, 5.41) is 32.3. The van der Waals surface area contributed by atoms with Crippen LogP contribution in [0.2, 0.25) is 0 Å². The monoisotopic (exact) mass is 1440 g/mol. The van der Waals surface area contributed by atoms with Crippen LogP contribution in [0.3, 0.4) is 0 Å². The number of rotatable bonds is 34. The van der Waals surface area contributed by atoms with E-state index < -0.39 is 0 Å². The number of aromatic nitrogens is 8. The summed E-state index contributed by atoms with van der Waals surface area (Å²) in [7, 11) is 11.8. The first-order chi connectivity index (χ1) is 51.4. The molecule has 11 rings (SSSR count). The fourth-order valence-electron chi connectivity index (χ4n) is 12.0. The maximum Gasteiger partial charge on any atom is 0.254 e. The molecule has 0 spiro atoms. The Bertz CT molecular complexity index is 4330. The molecule has 0 saturated heterocycles. The van der Waals surface area contributed by atoms with Gasteiger partial charge in [0.1, 0.15) is 46.1 Å². The van der Waals surface area contributed by atoms with Gasteiger partial charge in [0.25, 0.3) is 5.91 Å². The average Bonchev–Trinajstić information content (AvgIpc) is 1.47. The van der Waals surface area contributed by atoms with Crippen LogP contribution < -0.4 is 24.3 Å². The van der Waals surface area contributed by atoms with Crippen LogP contribution in [0.25, 0.3) is 45.0 Å². The van der Waals surface area contributed by atoms with Gasteiger partial charge in [-0.1, -0.05) is 117 Å². The Balaban J connectivity index is 0.000000179. The number of aromatic amines is 4. The molecule has 4 heterocycles. The SMILES string of the molecule is CCCCN(C)Cc1cn[nH]c1-c1cc(C(C)C)cc(C(C)C)c1.CCCCN(C)Cc1cn[nH]c1-c1ccc(Oc2cccc(F)c2)cc1.CCCCN(C)Cc1cn[nH]c1-c1ccc(Oc2cccc(OC)c2)cc1.CCCCN(C)Cc1cn[nH]c1-c1ccc(Oc2ccccc2)c(C(=O)NC)c1. The number of amides is 1. The second-order valence-electron chi connectivity index (χ2n) is 27.7. The highest BCUT2D eigenvalue weighted by molar-refractivity contribution is 5.98. The van der Waals surface area contributed by atoms with Gasteiger partial charge < -0.3 is 43.9 Å². The van der Waals surface area contributed by atoms with Crippen LogP contribution in [-0.2, 0) is 26.2 Å². The molecule has 0 aliphatic rings. The van der Waals surface area contributed by atoms with E-state index in [0.717, 1.165) is 115 Å². The molecule has 0 unspecified atom stereocenters. The molecule has 0 aliphatic carbocycles. The molecular weight excluding hydrogens is 1330 g/mol. The van der Waals surface area contributed by atoms with E-state index in [1.54, 1.807) is 26.3 Å². The fourth-order valence-corrected chi connectivity index (χ4v) is 12.0. The number of nitrogens with one attached hydrogen (secondary N) is 5. The van der Waals surface area contributed by atoms with Crippen molar-refractivity contribution in [1.29, 1.82) is 0 Å². The summed E-state index contributed by atoms with van der Waals surface area (Å²) in [5.41, 5.74) is 16.5. The van der Waals surface area contributed by atoms with Crippen molar-refractivity contribution < 1.29 is 28.1 Å².